The number of rotatable bonds is 7. The summed E-state index contributed by atoms with van der Waals surface area (Å²) in [7, 11) is 0. The van der Waals surface area contributed by atoms with Gasteiger partial charge in [0.05, 0.1) is 23.7 Å². The minimum atomic E-state index is -0.503. The van der Waals surface area contributed by atoms with Crippen LogP contribution in [0.25, 0.3) is 0 Å². The third-order valence-corrected chi connectivity index (χ3v) is 6.91. The highest BCUT2D eigenvalue weighted by Gasteiger charge is 2.41. The minimum absolute atomic E-state index is 0.0537. The zero-order chi connectivity index (χ0) is 25.8. The molecule has 1 atom stereocenters. The van der Waals surface area contributed by atoms with Crippen LogP contribution in [0.3, 0.4) is 0 Å². The van der Waals surface area contributed by atoms with E-state index in [0.29, 0.717) is 27.8 Å². The summed E-state index contributed by atoms with van der Waals surface area (Å²) in [6.07, 6.45) is 0.0537. The van der Waals surface area contributed by atoms with Crippen LogP contribution in [-0.2, 0) is 20.9 Å². The second-order valence-electron chi connectivity index (χ2n) is 8.60. The number of nitrogens with zero attached hydrogens (tertiary/aromatic N) is 2. The van der Waals surface area contributed by atoms with Crippen LogP contribution in [0.5, 0.6) is 0 Å². The molecule has 2 aliphatic heterocycles. The van der Waals surface area contributed by atoms with Crippen molar-refractivity contribution in [2.75, 3.05) is 5.32 Å². The van der Waals surface area contributed by atoms with Crippen molar-refractivity contribution in [2.45, 2.75) is 26.0 Å². The summed E-state index contributed by atoms with van der Waals surface area (Å²) < 4.78 is 19.0. The maximum absolute atomic E-state index is 13.4. The van der Waals surface area contributed by atoms with E-state index in [4.69, 9.17) is 4.74 Å². The number of nitrogens with one attached hydrogen (secondary N) is 1. The van der Waals surface area contributed by atoms with Crippen LogP contribution in [-0.4, -0.2) is 21.9 Å². The molecule has 37 heavy (non-hydrogen) atoms. The van der Waals surface area contributed by atoms with E-state index in [2.05, 4.69) is 10.3 Å². The molecule has 2 aliphatic rings. The number of thioether (sulfide) groups is 1. The molecule has 0 aliphatic carbocycles. The fourth-order valence-electron chi connectivity index (χ4n) is 4.29. The Balaban J connectivity index is 1.41. The SMILES string of the molecule is CC1=C(C(=O)OCc2ccccc2)C(c2ccccc2)N2C(CC(=O)Nc3ccc(F)cc3)=CSC2=N1. The fraction of sp³-hybridized carbons (Fsp3) is 0.138. The number of allylic oxidation sites excluding steroid dienone is 1. The van der Waals surface area contributed by atoms with Crippen LogP contribution in [0, 0.1) is 5.82 Å². The van der Waals surface area contributed by atoms with Crippen LogP contribution < -0.4 is 5.32 Å². The number of anilines is 1. The number of amides is 1. The van der Waals surface area contributed by atoms with E-state index < -0.39 is 12.0 Å². The Hall–Kier alpha value is -4.17. The Kier molecular flexibility index (Phi) is 7.18. The molecule has 186 valence electrons. The predicted octanol–water partition coefficient (Wildman–Crippen LogP) is 6.17. The Morgan fingerprint density at radius 1 is 1.00 bits per heavy atom. The Morgan fingerprint density at radius 3 is 2.38 bits per heavy atom. The first-order valence-electron chi connectivity index (χ1n) is 11.8. The number of benzene rings is 3. The molecule has 0 radical (unpaired) electrons. The van der Waals surface area contributed by atoms with E-state index in [1.807, 2.05) is 71.0 Å². The average Bonchev–Trinajstić information content (AvgIpc) is 3.30. The van der Waals surface area contributed by atoms with Crippen LogP contribution >= 0.6 is 11.8 Å². The van der Waals surface area contributed by atoms with Crippen molar-refractivity contribution >= 4 is 34.5 Å². The highest BCUT2D eigenvalue weighted by molar-refractivity contribution is 8.16. The molecule has 1 amide bonds. The molecule has 1 unspecified atom stereocenters. The molecule has 5 rings (SSSR count). The second-order valence-corrected chi connectivity index (χ2v) is 9.43. The van der Waals surface area contributed by atoms with Gasteiger partial charge in [-0.3, -0.25) is 4.79 Å². The van der Waals surface area contributed by atoms with Crippen molar-refractivity contribution in [3.8, 4) is 0 Å². The lowest BCUT2D eigenvalue weighted by Gasteiger charge is -2.36. The van der Waals surface area contributed by atoms with Crippen LogP contribution in [0.4, 0.5) is 10.1 Å². The summed E-state index contributed by atoms with van der Waals surface area (Å²) in [5.41, 5.74) is 3.99. The summed E-state index contributed by atoms with van der Waals surface area (Å²) in [5.74, 6) is -1.09. The maximum Gasteiger partial charge on any atom is 0.338 e. The van der Waals surface area contributed by atoms with Crippen LogP contribution in [0.2, 0.25) is 0 Å². The number of hydrogen-bond acceptors (Lipinski definition) is 6. The third kappa shape index (κ3) is 5.49. The van der Waals surface area contributed by atoms with Gasteiger partial charge in [0.25, 0.3) is 0 Å². The monoisotopic (exact) mass is 513 g/mol. The van der Waals surface area contributed by atoms with Crippen molar-refractivity contribution in [2.24, 2.45) is 4.99 Å². The number of amidine groups is 1. The highest BCUT2D eigenvalue weighted by atomic mass is 32.2. The molecule has 3 aromatic rings. The quantitative estimate of drug-likeness (QED) is 0.383. The number of ether oxygens (including phenoxy) is 1. The predicted molar refractivity (Wildman–Crippen MR) is 143 cm³/mol. The van der Waals surface area contributed by atoms with Crippen molar-refractivity contribution in [3.63, 3.8) is 0 Å². The molecule has 2 heterocycles. The summed E-state index contributed by atoms with van der Waals surface area (Å²) in [6, 6.07) is 24.3. The highest BCUT2D eigenvalue weighted by Crippen LogP contribution is 2.44. The summed E-state index contributed by atoms with van der Waals surface area (Å²) in [5, 5.41) is 5.37. The van der Waals surface area contributed by atoms with Gasteiger partial charge in [-0.2, -0.15) is 0 Å². The van der Waals surface area contributed by atoms with E-state index in [1.165, 1.54) is 36.0 Å². The molecule has 0 bridgehead atoms. The van der Waals surface area contributed by atoms with E-state index >= 15 is 0 Å². The summed E-state index contributed by atoms with van der Waals surface area (Å²) >= 11 is 1.41. The van der Waals surface area contributed by atoms with Gasteiger partial charge in [-0.1, -0.05) is 72.4 Å². The fourth-order valence-corrected chi connectivity index (χ4v) is 5.25. The van der Waals surface area contributed by atoms with Crippen LogP contribution in [0.15, 0.2) is 112 Å². The third-order valence-electron chi connectivity index (χ3n) is 6.02. The van der Waals surface area contributed by atoms with E-state index in [-0.39, 0.29) is 24.8 Å². The molecule has 0 aromatic heterocycles. The average molecular weight is 514 g/mol. The van der Waals surface area contributed by atoms with Crippen molar-refractivity contribution < 1.29 is 18.7 Å². The Bertz CT molecular complexity index is 1400. The molecule has 0 fully saturated rings. The first-order valence-corrected chi connectivity index (χ1v) is 12.6. The van der Waals surface area contributed by atoms with Gasteiger partial charge in [-0.25, -0.2) is 14.2 Å². The number of halogens is 1. The first kappa shape index (κ1) is 24.5. The van der Waals surface area contributed by atoms with Gasteiger partial charge in [0.15, 0.2) is 5.17 Å². The van der Waals surface area contributed by atoms with Crippen LogP contribution in [0.1, 0.15) is 30.5 Å². The maximum atomic E-state index is 13.4. The molecule has 0 spiro atoms. The van der Waals surface area contributed by atoms with Crippen molar-refractivity contribution in [3.05, 3.63) is 124 Å². The zero-order valence-corrected chi connectivity index (χ0v) is 20.9. The molecule has 0 saturated heterocycles. The largest absolute Gasteiger partial charge is 0.457 e. The van der Waals surface area contributed by atoms with Gasteiger partial charge < -0.3 is 15.0 Å². The molecule has 1 N–H and O–H groups in total. The van der Waals surface area contributed by atoms with Crippen molar-refractivity contribution in [1.29, 1.82) is 0 Å². The smallest absolute Gasteiger partial charge is 0.338 e. The molecule has 6 nitrogen and oxygen atoms in total. The van der Waals surface area contributed by atoms with E-state index in [1.54, 1.807) is 6.92 Å². The van der Waals surface area contributed by atoms with Gasteiger partial charge in [-0.15, -0.1) is 0 Å². The topological polar surface area (TPSA) is 71.0 Å². The number of aliphatic imine (C=N–C) groups is 1. The van der Waals surface area contributed by atoms with Crippen molar-refractivity contribution in [1.82, 2.24) is 4.90 Å². The lowest BCUT2D eigenvalue weighted by molar-refractivity contribution is -0.141. The van der Waals surface area contributed by atoms with Gasteiger partial charge >= 0.3 is 5.97 Å². The number of carbonyl (C=O) groups excluding carboxylic acids is 2. The number of fused-ring (bicyclic) bond motifs is 1. The van der Waals surface area contributed by atoms with Gasteiger partial charge in [0, 0.05) is 11.4 Å². The van der Waals surface area contributed by atoms with Gasteiger partial charge in [-0.05, 0) is 47.7 Å². The summed E-state index contributed by atoms with van der Waals surface area (Å²) in [4.78, 5) is 32.9. The first-order chi connectivity index (χ1) is 18.0. The van der Waals surface area contributed by atoms with E-state index in [0.717, 1.165) is 11.1 Å². The normalized spacial score (nSPS) is 16.6. The Morgan fingerprint density at radius 2 is 1.68 bits per heavy atom. The lowest BCUT2D eigenvalue weighted by Crippen LogP contribution is -2.37. The standard InChI is InChI=1S/C29H24FN3O3S/c1-19-26(28(35)36-17-20-8-4-2-5-9-20)27(21-10-6-3-7-11-21)33-24(18-37-29(33)31-19)16-25(34)32-23-14-12-22(30)13-15-23/h2-15,18,27H,16-17H2,1H3,(H,32,34). The number of esters is 1. The molecule has 0 saturated carbocycles. The molecule has 8 heteroatoms. The van der Waals surface area contributed by atoms with Gasteiger partial charge in [0.1, 0.15) is 12.4 Å². The summed E-state index contributed by atoms with van der Waals surface area (Å²) in [6.45, 7) is 1.95. The minimum Gasteiger partial charge on any atom is -0.457 e. The second kappa shape index (κ2) is 10.8. The van der Waals surface area contributed by atoms with E-state index in [9.17, 15) is 14.0 Å². The number of hydrogen-bond donors (Lipinski definition) is 1. The lowest BCUT2D eigenvalue weighted by atomic mass is 9.94. The molecular formula is C29H24FN3O3S. The zero-order valence-electron chi connectivity index (χ0n) is 20.1. The molecule has 3 aromatic carbocycles. The number of carbonyl (C=O) groups is 2. The Labute approximate surface area is 218 Å². The molecular weight excluding hydrogens is 489 g/mol. The van der Waals surface area contributed by atoms with Gasteiger partial charge in [0.2, 0.25) is 5.91 Å².